The number of piperidine rings is 1. The molecule has 2 heterocycles. The van der Waals surface area contributed by atoms with E-state index in [1.807, 2.05) is 24.0 Å². The van der Waals surface area contributed by atoms with E-state index in [1.165, 1.54) is 12.5 Å². The third-order valence-corrected chi connectivity index (χ3v) is 11.1. The molecule has 3 aliphatic rings. The molecule has 10 heteroatoms. The second kappa shape index (κ2) is 15.9. The smallest absolute Gasteiger partial charge is 0.321 e. The molecule has 1 aliphatic carbocycles. The highest BCUT2D eigenvalue weighted by atomic mass is 35.5. The van der Waals surface area contributed by atoms with Crippen molar-refractivity contribution in [3.8, 4) is 0 Å². The molecular weight excluding hydrogens is 614 g/mol. The largest absolute Gasteiger partial charge is 0.480 e. The van der Waals surface area contributed by atoms with Crippen LogP contribution in [-0.4, -0.2) is 83.2 Å². The van der Waals surface area contributed by atoms with Gasteiger partial charge in [0.2, 0.25) is 0 Å². The molecule has 246 valence electrons. The number of amides is 2. The van der Waals surface area contributed by atoms with Crippen molar-refractivity contribution in [1.29, 1.82) is 0 Å². The first-order chi connectivity index (χ1) is 21.7. The lowest BCUT2D eigenvalue weighted by Crippen LogP contribution is -2.50. The number of rotatable bonds is 11. The summed E-state index contributed by atoms with van der Waals surface area (Å²) in [6.45, 7) is 7.15. The molecule has 7 nitrogen and oxygen atoms in total. The minimum absolute atomic E-state index is 0.0723. The van der Waals surface area contributed by atoms with Crippen LogP contribution in [0, 0.1) is 17.7 Å². The molecule has 5 rings (SSSR count). The molecule has 45 heavy (non-hydrogen) atoms. The number of nitrogens with zero attached hydrogens (tertiary/aromatic N) is 3. The van der Waals surface area contributed by atoms with Crippen molar-refractivity contribution < 1.29 is 19.1 Å². The van der Waals surface area contributed by atoms with E-state index < -0.39 is 12.0 Å². The molecule has 0 aromatic heterocycles. The van der Waals surface area contributed by atoms with Crippen LogP contribution in [0.1, 0.15) is 75.3 Å². The Labute approximate surface area is 277 Å². The fourth-order valence-corrected chi connectivity index (χ4v) is 8.27. The third-order valence-electron chi connectivity index (χ3n) is 10.3. The van der Waals surface area contributed by atoms with Gasteiger partial charge >= 0.3 is 12.0 Å². The Kier molecular flexibility index (Phi) is 12.0. The van der Waals surface area contributed by atoms with Crippen molar-refractivity contribution in [1.82, 2.24) is 20.0 Å². The first-order valence-electron chi connectivity index (χ1n) is 16.7. The summed E-state index contributed by atoms with van der Waals surface area (Å²) in [4.78, 5) is 32.2. The minimum atomic E-state index is -0.718. The first-order valence-corrected chi connectivity index (χ1v) is 17.4. The fraction of sp³-hybridized carbons (Fsp3) is 0.600. The summed E-state index contributed by atoms with van der Waals surface area (Å²) in [7, 11) is 0. The number of hydrogen-bond acceptors (Lipinski definition) is 4. The summed E-state index contributed by atoms with van der Waals surface area (Å²) in [5, 5.41) is 14.3. The van der Waals surface area contributed by atoms with Gasteiger partial charge in [-0.1, -0.05) is 60.7 Å². The van der Waals surface area contributed by atoms with E-state index in [1.54, 1.807) is 24.3 Å². The number of likely N-dealkylation sites (tertiary alicyclic amines) is 2. The van der Waals surface area contributed by atoms with Crippen LogP contribution in [0.3, 0.4) is 0 Å². The van der Waals surface area contributed by atoms with E-state index in [4.69, 9.17) is 23.2 Å². The average Bonchev–Trinajstić information content (AvgIpc) is 3.45. The minimum Gasteiger partial charge on any atom is -0.480 e. The number of aliphatic carboxylic acids is 1. The maximum absolute atomic E-state index is 14.3. The molecule has 3 atom stereocenters. The highest BCUT2D eigenvalue weighted by molar-refractivity contribution is 6.42. The van der Waals surface area contributed by atoms with E-state index in [0.717, 1.165) is 82.3 Å². The molecule has 0 radical (unpaired) electrons. The maximum atomic E-state index is 14.3. The van der Waals surface area contributed by atoms with Crippen LogP contribution in [0.2, 0.25) is 10.0 Å². The maximum Gasteiger partial charge on any atom is 0.321 e. The summed E-state index contributed by atoms with van der Waals surface area (Å²) in [6, 6.07) is 11.9. The van der Waals surface area contributed by atoms with E-state index in [2.05, 4.69) is 15.1 Å². The number of carbonyl (C=O) groups excluding carboxylic acids is 1. The van der Waals surface area contributed by atoms with Gasteiger partial charge in [-0.05, 0) is 92.8 Å². The molecule has 2 aromatic carbocycles. The predicted molar refractivity (Wildman–Crippen MR) is 177 cm³/mol. The molecule has 2 N–H and O–H groups in total. The van der Waals surface area contributed by atoms with E-state index >= 15 is 0 Å². The lowest BCUT2D eigenvalue weighted by molar-refractivity contribution is -0.145. The molecule has 1 saturated carbocycles. The van der Waals surface area contributed by atoms with Gasteiger partial charge < -0.3 is 20.2 Å². The Morgan fingerprint density at radius 1 is 1.02 bits per heavy atom. The van der Waals surface area contributed by atoms with Gasteiger partial charge in [-0.15, -0.1) is 0 Å². The van der Waals surface area contributed by atoms with Crippen LogP contribution in [0.4, 0.5) is 9.18 Å². The van der Waals surface area contributed by atoms with Gasteiger partial charge in [0.15, 0.2) is 0 Å². The molecule has 2 aliphatic heterocycles. The van der Waals surface area contributed by atoms with Crippen LogP contribution in [-0.2, 0) is 11.3 Å². The topological polar surface area (TPSA) is 76.1 Å². The average molecular weight is 662 g/mol. The zero-order chi connectivity index (χ0) is 31.9. The third kappa shape index (κ3) is 8.70. The van der Waals surface area contributed by atoms with Gasteiger partial charge in [0, 0.05) is 51.2 Å². The molecule has 3 fully saturated rings. The van der Waals surface area contributed by atoms with E-state index in [9.17, 15) is 19.1 Å². The van der Waals surface area contributed by atoms with Crippen molar-refractivity contribution in [2.45, 2.75) is 82.8 Å². The first kappa shape index (κ1) is 34.0. The molecule has 1 unspecified atom stereocenters. The van der Waals surface area contributed by atoms with Crippen molar-refractivity contribution in [3.05, 3.63) is 69.5 Å². The zero-order valence-corrected chi connectivity index (χ0v) is 27.8. The van der Waals surface area contributed by atoms with Crippen LogP contribution < -0.4 is 5.32 Å². The van der Waals surface area contributed by atoms with E-state index in [-0.39, 0.29) is 35.6 Å². The Hall–Kier alpha value is -2.39. The van der Waals surface area contributed by atoms with Crippen LogP contribution in [0.25, 0.3) is 0 Å². The summed E-state index contributed by atoms with van der Waals surface area (Å²) < 4.78 is 14.3. The zero-order valence-electron chi connectivity index (χ0n) is 26.3. The highest BCUT2D eigenvalue weighted by Gasteiger charge is 2.42. The van der Waals surface area contributed by atoms with Gasteiger partial charge in [0.25, 0.3) is 0 Å². The molecule has 2 aromatic rings. The summed E-state index contributed by atoms with van der Waals surface area (Å²) in [5.41, 5.74) is 1.87. The Bertz CT molecular complexity index is 1300. The van der Waals surface area contributed by atoms with Gasteiger partial charge in [-0.3, -0.25) is 9.69 Å². The molecule has 0 spiro atoms. The normalized spacial score (nSPS) is 22.8. The lowest BCUT2D eigenvalue weighted by Gasteiger charge is -2.38. The second-order valence-electron chi connectivity index (χ2n) is 13.1. The summed E-state index contributed by atoms with van der Waals surface area (Å²) in [5.74, 6) is -0.406. The monoisotopic (exact) mass is 660 g/mol. The van der Waals surface area contributed by atoms with Crippen molar-refractivity contribution >= 4 is 35.2 Å². The standard InChI is InChI=1S/C35H47Cl2FN4O3/c1-2-42(35(45)39-21-24-11-12-31(36)32(37)19-24)29-14-17-40(18-15-29)16-13-27-22-41(23-30(27)26-9-6-10-28(38)20-26)33(34(43)44)25-7-4-3-5-8-25/h6,9-12,19-20,25,27,29-30,33H,2-5,7-8,13-18,21-23H2,1H3,(H,39,45)(H,43,44)/t27?,30-,33-/m1/s1. The highest BCUT2D eigenvalue weighted by Crippen LogP contribution is 2.39. The van der Waals surface area contributed by atoms with E-state index in [0.29, 0.717) is 29.7 Å². The number of urea groups is 1. The van der Waals surface area contributed by atoms with Gasteiger partial charge in [-0.2, -0.15) is 0 Å². The fourth-order valence-electron chi connectivity index (χ4n) is 7.94. The second-order valence-corrected chi connectivity index (χ2v) is 13.9. The quantitative estimate of drug-likeness (QED) is 0.265. The number of halogens is 3. The van der Waals surface area contributed by atoms with Crippen LogP contribution >= 0.6 is 23.2 Å². The van der Waals surface area contributed by atoms with Crippen molar-refractivity contribution in [3.63, 3.8) is 0 Å². The number of carboxylic acid groups (broad SMARTS) is 1. The molecule has 2 amide bonds. The Morgan fingerprint density at radius 3 is 2.44 bits per heavy atom. The lowest BCUT2D eigenvalue weighted by atomic mass is 9.83. The number of carbonyl (C=O) groups is 2. The predicted octanol–water partition coefficient (Wildman–Crippen LogP) is 7.27. The van der Waals surface area contributed by atoms with Crippen molar-refractivity contribution in [2.24, 2.45) is 11.8 Å². The molecular formula is C35H47Cl2FN4O3. The SMILES string of the molecule is CCN(C(=O)NCc1ccc(Cl)c(Cl)c1)C1CCN(CCC2CN([C@@H](C(=O)O)C3CCCCC3)C[C@@H]2c2cccc(F)c2)CC1. The van der Waals surface area contributed by atoms with Crippen molar-refractivity contribution in [2.75, 3.05) is 39.3 Å². The van der Waals surface area contributed by atoms with Gasteiger partial charge in [0.05, 0.1) is 10.0 Å². The number of hydrogen-bond donors (Lipinski definition) is 2. The van der Waals surface area contributed by atoms with Crippen LogP contribution in [0.15, 0.2) is 42.5 Å². The Morgan fingerprint density at radius 2 is 1.78 bits per heavy atom. The van der Waals surface area contributed by atoms with Gasteiger partial charge in [0.1, 0.15) is 11.9 Å². The molecule has 2 saturated heterocycles. The Balaban J connectivity index is 1.16. The number of carboxylic acids is 1. The van der Waals surface area contributed by atoms with Gasteiger partial charge in [-0.25, -0.2) is 9.18 Å². The number of benzene rings is 2. The number of nitrogens with one attached hydrogen (secondary N) is 1. The van der Waals surface area contributed by atoms with Crippen LogP contribution in [0.5, 0.6) is 0 Å². The summed E-state index contributed by atoms with van der Waals surface area (Å²) >= 11 is 12.2. The molecule has 0 bridgehead atoms. The summed E-state index contributed by atoms with van der Waals surface area (Å²) in [6.07, 6.45) is 8.07.